The van der Waals surface area contributed by atoms with Crippen LogP contribution in [0.5, 0.6) is 0 Å². The summed E-state index contributed by atoms with van der Waals surface area (Å²) in [5.74, 6) is -0.153. The molecule has 1 aliphatic heterocycles. The second-order valence-electron chi connectivity index (χ2n) is 4.43. The first-order valence-corrected chi connectivity index (χ1v) is 5.52. The SMILES string of the molecule is COC(=O)CCNCC1(C)CCOCC1. The molecule has 1 rings (SSSR count). The topological polar surface area (TPSA) is 47.6 Å². The van der Waals surface area contributed by atoms with Gasteiger partial charge in [-0.1, -0.05) is 6.92 Å². The molecule has 15 heavy (non-hydrogen) atoms. The molecule has 4 nitrogen and oxygen atoms in total. The first kappa shape index (κ1) is 12.5. The van der Waals surface area contributed by atoms with E-state index in [-0.39, 0.29) is 5.97 Å². The van der Waals surface area contributed by atoms with Gasteiger partial charge in [0.2, 0.25) is 0 Å². The van der Waals surface area contributed by atoms with E-state index in [1.165, 1.54) is 7.11 Å². The Hall–Kier alpha value is -0.610. The molecule has 1 saturated heterocycles. The van der Waals surface area contributed by atoms with Crippen LogP contribution in [0.4, 0.5) is 0 Å². The third kappa shape index (κ3) is 4.62. The molecule has 0 aliphatic carbocycles. The van der Waals surface area contributed by atoms with Gasteiger partial charge in [-0.25, -0.2) is 0 Å². The van der Waals surface area contributed by atoms with Gasteiger partial charge in [-0.3, -0.25) is 4.79 Å². The molecule has 0 radical (unpaired) electrons. The number of nitrogens with one attached hydrogen (secondary N) is 1. The molecule has 4 heteroatoms. The Balaban J connectivity index is 2.10. The largest absolute Gasteiger partial charge is 0.469 e. The minimum atomic E-state index is -0.153. The summed E-state index contributed by atoms with van der Waals surface area (Å²) >= 11 is 0. The Morgan fingerprint density at radius 3 is 2.73 bits per heavy atom. The van der Waals surface area contributed by atoms with Crippen molar-refractivity contribution in [3.8, 4) is 0 Å². The average molecular weight is 215 g/mol. The lowest BCUT2D eigenvalue weighted by atomic mass is 9.82. The number of esters is 1. The van der Waals surface area contributed by atoms with Crippen molar-refractivity contribution in [2.24, 2.45) is 5.41 Å². The number of rotatable bonds is 5. The average Bonchev–Trinajstić information content (AvgIpc) is 2.25. The molecule has 0 bridgehead atoms. The Kier molecular flexibility index (Phi) is 5.05. The van der Waals surface area contributed by atoms with Gasteiger partial charge in [-0.05, 0) is 18.3 Å². The Labute approximate surface area is 91.3 Å². The van der Waals surface area contributed by atoms with Gasteiger partial charge >= 0.3 is 5.97 Å². The standard InChI is InChI=1S/C11H21NO3/c1-11(4-7-15-8-5-11)9-12-6-3-10(13)14-2/h12H,3-9H2,1-2H3. The molecule has 0 spiro atoms. The van der Waals surface area contributed by atoms with Crippen LogP contribution in [0.25, 0.3) is 0 Å². The fraction of sp³-hybridized carbons (Fsp3) is 0.909. The number of methoxy groups -OCH3 is 1. The van der Waals surface area contributed by atoms with E-state index in [0.29, 0.717) is 18.4 Å². The van der Waals surface area contributed by atoms with Crippen LogP contribution >= 0.6 is 0 Å². The van der Waals surface area contributed by atoms with Crippen molar-refractivity contribution in [1.29, 1.82) is 0 Å². The van der Waals surface area contributed by atoms with Crippen molar-refractivity contribution >= 4 is 5.97 Å². The Bertz CT molecular complexity index is 200. The summed E-state index contributed by atoms with van der Waals surface area (Å²) in [7, 11) is 1.42. The Morgan fingerprint density at radius 1 is 1.47 bits per heavy atom. The number of ether oxygens (including phenoxy) is 2. The third-order valence-corrected chi connectivity index (χ3v) is 2.99. The zero-order valence-corrected chi connectivity index (χ0v) is 9.67. The molecule has 0 aromatic rings. The number of hydrogen-bond donors (Lipinski definition) is 1. The molecule has 1 fully saturated rings. The maximum atomic E-state index is 10.9. The minimum Gasteiger partial charge on any atom is -0.469 e. The molecule has 1 aliphatic rings. The summed E-state index contributed by atoms with van der Waals surface area (Å²) in [4.78, 5) is 10.9. The highest BCUT2D eigenvalue weighted by molar-refractivity contribution is 5.69. The molecule has 0 unspecified atom stereocenters. The van der Waals surface area contributed by atoms with Crippen LogP contribution in [-0.4, -0.2) is 39.4 Å². The van der Waals surface area contributed by atoms with E-state index in [2.05, 4.69) is 17.0 Å². The maximum absolute atomic E-state index is 10.9. The van der Waals surface area contributed by atoms with E-state index in [4.69, 9.17) is 4.74 Å². The molecular weight excluding hydrogens is 194 g/mol. The number of carbonyl (C=O) groups excluding carboxylic acids is 1. The predicted octanol–water partition coefficient (Wildman–Crippen LogP) is 0.956. The van der Waals surface area contributed by atoms with Crippen LogP contribution in [0.1, 0.15) is 26.2 Å². The van der Waals surface area contributed by atoms with Gasteiger partial charge in [-0.15, -0.1) is 0 Å². The van der Waals surface area contributed by atoms with Crippen molar-refractivity contribution in [3.63, 3.8) is 0 Å². The quantitative estimate of drug-likeness (QED) is 0.548. The summed E-state index contributed by atoms with van der Waals surface area (Å²) in [6.45, 7) is 5.63. The second-order valence-corrected chi connectivity index (χ2v) is 4.43. The van der Waals surface area contributed by atoms with Crippen LogP contribution in [0.3, 0.4) is 0 Å². The molecule has 0 aromatic heterocycles. The molecule has 0 aromatic carbocycles. The maximum Gasteiger partial charge on any atom is 0.306 e. The normalized spacial score (nSPS) is 19.9. The molecule has 0 saturated carbocycles. The Morgan fingerprint density at radius 2 is 2.13 bits per heavy atom. The predicted molar refractivity (Wildman–Crippen MR) is 57.7 cm³/mol. The van der Waals surface area contributed by atoms with Gasteiger partial charge in [0.15, 0.2) is 0 Å². The molecule has 1 N–H and O–H groups in total. The third-order valence-electron chi connectivity index (χ3n) is 2.99. The van der Waals surface area contributed by atoms with Crippen LogP contribution < -0.4 is 5.32 Å². The molecule has 88 valence electrons. The van der Waals surface area contributed by atoms with Gasteiger partial charge < -0.3 is 14.8 Å². The van der Waals surface area contributed by atoms with E-state index in [1.54, 1.807) is 0 Å². The molecule has 0 amide bonds. The molecular formula is C11H21NO3. The zero-order chi connectivity index (χ0) is 11.1. The molecule has 1 heterocycles. The van der Waals surface area contributed by atoms with Crippen LogP contribution in [0.15, 0.2) is 0 Å². The summed E-state index contributed by atoms with van der Waals surface area (Å²) < 4.78 is 9.89. The number of carbonyl (C=O) groups is 1. The van der Waals surface area contributed by atoms with E-state index >= 15 is 0 Å². The van der Waals surface area contributed by atoms with E-state index in [9.17, 15) is 4.79 Å². The lowest BCUT2D eigenvalue weighted by Crippen LogP contribution is -2.37. The second kappa shape index (κ2) is 6.08. The van der Waals surface area contributed by atoms with Gasteiger partial charge in [0.1, 0.15) is 0 Å². The summed E-state index contributed by atoms with van der Waals surface area (Å²) in [6.07, 6.45) is 2.64. The highest BCUT2D eigenvalue weighted by Crippen LogP contribution is 2.28. The van der Waals surface area contributed by atoms with E-state index in [1.807, 2.05) is 0 Å². The first-order valence-electron chi connectivity index (χ1n) is 5.52. The van der Waals surface area contributed by atoms with Gasteiger partial charge in [-0.2, -0.15) is 0 Å². The van der Waals surface area contributed by atoms with Gasteiger partial charge in [0.05, 0.1) is 13.5 Å². The van der Waals surface area contributed by atoms with Crippen molar-refractivity contribution in [2.45, 2.75) is 26.2 Å². The number of hydrogen-bond acceptors (Lipinski definition) is 4. The van der Waals surface area contributed by atoms with E-state index < -0.39 is 0 Å². The van der Waals surface area contributed by atoms with Crippen molar-refractivity contribution in [3.05, 3.63) is 0 Å². The minimum absolute atomic E-state index is 0.153. The van der Waals surface area contributed by atoms with Crippen molar-refractivity contribution in [2.75, 3.05) is 33.4 Å². The summed E-state index contributed by atoms with van der Waals surface area (Å²) in [5.41, 5.74) is 0.328. The smallest absolute Gasteiger partial charge is 0.306 e. The first-order chi connectivity index (χ1) is 7.16. The lowest BCUT2D eigenvalue weighted by Gasteiger charge is -2.33. The fourth-order valence-electron chi connectivity index (χ4n) is 1.72. The summed E-state index contributed by atoms with van der Waals surface area (Å²) in [6, 6.07) is 0. The lowest BCUT2D eigenvalue weighted by molar-refractivity contribution is -0.140. The highest BCUT2D eigenvalue weighted by Gasteiger charge is 2.26. The molecule has 0 atom stereocenters. The van der Waals surface area contributed by atoms with Crippen LogP contribution in [0, 0.1) is 5.41 Å². The zero-order valence-electron chi connectivity index (χ0n) is 9.67. The fourth-order valence-corrected chi connectivity index (χ4v) is 1.72. The van der Waals surface area contributed by atoms with Crippen LogP contribution in [0.2, 0.25) is 0 Å². The van der Waals surface area contributed by atoms with Crippen LogP contribution in [-0.2, 0) is 14.3 Å². The monoisotopic (exact) mass is 215 g/mol. The summed E-state index contributed by atoms with van der Waals surface area (Å²) in [5, 5.41) is 3.30. The van der Waals surface area contributed by atoms with Crippen molar-refractivity contribution in [1.82, 2.24) is 5.32 Å². The van der Waals surface area contributed by atoms with Crippen molar-refractivity contribution < 1.29 is 14.3 Å². The van der Waals surface area contributed by atoms with Gasteiger partial charge in [0, 0.05) is 26.3 Å². The highest BCUT2D eigenvalue weighted by atomic mass is 16.5. The van der Waals surface area contributed by atoms with Gasteiger partial charge in [0.25, 0.3) is 0 Å². The van der Waals surface area contributed by atoms with E-state index in [0.717, 1.165) is 32.6 Å².